The van der Waals surface area contributed by atoms with Gasteiger partial charge < -0.3 is 10.6 Å². The van der Waals surface area contributed by atoms with Crippen LogP contribution in [0.3, 0.4) is 0 Å². The molecular formula is C22H16F2N4O. The normalized spacial score (nSPS) is 10.7. The molecule has 0 bridgehead atoms. The number of aromatic nitrogens is 2. The van der Waals surface area contributed by atoms with E-state index in [2.05, 4.69) is 20.6 Å². The smallest absolute Gasteiger partial charge is 0.228 e. The number of nitrogens with one attached hydrogen (secondary N) is 2. The number of fused-ring (bicyclic) bond motifs is 1. The molecule has 0 unspecified atom stereocenters. The highest BCUT2D eigenvalue weighted by Gasteiger charge is 2.09. The van der Waals surface area contributed by atoms with E-state index < -0.39 is 0 Å². The molecule has 0 radical (unpaired) electrons. The molecule has 7 heteroatoms. The molecule has 29 heavy (non-hydrogen) atoms. The summed E-state index contributed by atoms with van der Waals surface area (Å²) in [6.45, 7) is 0. The molecule has 2 N–H and O–H groups in total. The minimum Gasteiger partial charge on any atom is -0.340 e. The summed E-state index contributed by atoms with van der Waals surface area (Å²) >= 11 is 0. The Kier molecular flexibility index (Phi) is 5.11. The lowest BCUT2D eigenvalue weighted by Crippen LogP contribution is -2.14. The van der Waals surface area contributed by atoms with Crippen molar-refractivity contribution in [3.63, 3.8) is 0 Å². The van der Waals surface area contributed by atoms with Crippen LogP contribution in [-0.4, -0.2) is 15.9 Å². The van der Waals surface area contributed by atoms with Crippen molar-refractivity contribution < 1.29 is 13.6 Å². The van der Waals surface area contributed by atoms with Crippen LogP contribution in [0.25, 0.3) is 10.9 Å². The molecular weight excluding hydrogens is 374 g/mol. The standard InChI is InChI=1S/C22H16F2N4O/c23-15-3-1-14(2-4-15)11-21(29)27-18-9-10-20-19(12-18)22(26-13-25-20)28-17-7-5-16(24)6-8-17/h1-10,12-13H,11H2,(H,27,29)(H,25,26,28). The maximum absolute atomic E-state index is 13.1. The van der Waals surface area contributed by atoms with E-state index in [1.54, 1.807) is 42.5 Å². The third-order valence-corrected chi connectivity index (χ3v) is 4.30. The van der Waals surface area contributed by atoms with E-state index >= 15 is 0 Å². The van der Waals surface area contributed by atoms with Gasteiger partial charge in [0.25, 0.3) is 0 Å². The van der Waals surface area contributed by atoms with Gasteiger partial charge in [-0.3, -0.25) is 4.79 Å². The molecule has 0 spiro atoms. The number of nitrogens with zero attached hydrogens (tertiary/aromatic N) is 2. The molecule has 0 saturated carbocycles. The van der Waals surface area contributed by atoms with Crippen molar-refractivity contribution >= 4 is 34.0 Å². The van der Waals surface area contributed by atoms with Gasteiger partial charge in [0.1, 0.15) is 23.8 Å². The van der Waals surface area contributed by atoms with E-state index in [0.717, 1.165) is 0 Å². The number of halogens is 2. The van der Waals surface area contributed by atoms with Crippen LogP contribution < -0.4 is 10.6 Å². The van der Waals surface area contributed by atoms with Gasteiger partial charge in [-0.1, -0.05) is 12.1 Å². The Bertz CT molecular complexity index is 1160. The Labute approximate surface area is 165 Å². The van der Waals surface area contributed by atoms with Crippen molar-refractivity contribution in [3.05, 3.63) is 90.3 Å². The molecule has 4 aromatic rings. The molecule has 0 fully saturated rings. The maximum atomic E-state index is 13.1. The summed E-state index contributed by atoms with van der Waals surface area (Å²) in [6.07, 6.45) is 1.56. The maximum Gasteiger partial charge on any atom is 0.228 e. The van der Waals surface area contributed by atoms with Crippen molar-refractivity contribution in [2.24, 2.45) is 0 Å². The molecule has 0 saturated heterocycles. The van der Waals surface area contributed by atoms with E-state index in [0.29, 0.717) is 33.7 Å². The van der Waals surface area contributed by atoms with Gasteiger partial charge in [0.15, 0.2) is 0 Å². The molecule has 1 heterocycles. The third-order valence-electron chi connectivity index (χ3n) is 4.30. The summed E-state index contributed by atoms with van der Waals surface area (Å²) in [5, 5.41) is 6.67. The summed E-state index contributed by atoms with van der Waals surface area (Å²) < 4.78 is 26.1. The average Bonchev–Trinajstić information content (AvgIpc) is 2.72. The first-order chi connectivity index (χ1) is 14.1. The second-order valence-corrected chi connectivity index (χ2v) is 6.44. The number of amides is 1. The lowest BCUT2D eigenvalue weighted by Gasteiger charge is -2.10. The number of carbonyl (C=O) groups excluding carboxylic acids is 1. The molecule has 4 rings (SSSR count). The monoisotopic (exact) mass is 390 g/mol. The highest BCUT2D eigenvalue weighted by atomic mass is 19.1. The number of hydrogen-bond acceptors (Lipinski definition) is 4. The van der Waals surface area contributed by atoms with Gasteiger partial charge >= 0.3 is 0 Å². The quantitative estimate of drug-likeness (QED) is 0.512. The second kappa shape index (κ2) is 8.02. The highest BCUT2D eigenvalue weighted by molar-refractivity contribution is 5.97. The van der Waals surface area contributed by atoms with Crippen molar-refractivity contribution in [3.8, 4) is 0 Å². The Morgan fingerprint density at radius 3 is 2.21 bits per heavy atom. The van der Waals surface area contributed by atoms with E-state index in [-0.39, 0.29) is 24.0 Å². The van der Waals surface area contributed by atoms with Gasteiger partial charge in [-0.15, -0.1) is 0 Å². The van der Waals surface area contributed by atoms with Gasteiger partial charge in [-0.2, -0.15) is 0 Å². The van der Waals surface area contributed by atoms with Crippen LogP contribution in [0.2, 0.25) is 0 Å². The van der Waals surface area contributed by atoms with Gasteiger partial charge in [0.2, 0.25) is 5.91 Å². The van der Waals surface area contributed by atoms with Crippen molar-refractivity contribution in [2.75, 3.05) is 10.6 Å². The lowest BCUT2D eigenvalue weighted by molar-refractivity contribution is -0.115. The summed E-state index contributed by atoms with van der Waals surface area (Å²) in [5.74, 6) is -0.351. The minimum absolute atomic E-state index is 0.129. The molecule has 1 amide bonds. The average molecular weight is 390 g/mol. The van der Waals surface area contributed by atoms with Crippen molar-refractivity contribution in [2.45, 2.75) is 6.42 Å². The largest absolute Gasteiger partial charge is 0.340 e. The zero-order valence-electron chi connectivity index (χ0n) is 15.2. The van der Waals surface area contributed by atoms with Gasteiger partial charge in [0, 0.05) is 16.8 Å². The Hall–Kier alpha value is -3.87. The molecule has 144 valence electrons. The molecule has 0 atom stereocenters. The third kappa shape index (κ3) is 4.52. The predicted molar refractivity (Wildman–Crippen MR) is 108 cm³/mol. The minimum atomic E-state index is -0.343. The van der Waals surface area contributed by atoms with Crippen LogP contribution in [0.4, 0.5) is 26.0 Å². The highest BCUT2D eigenvalue weighted by Crippen LogP contribution is 2.26. The summed E-state index contributed by atoms with van der Waals surface area (Å²) in [5.41, 5.74) is 2.67. The molecule has 1 aromatic heterocycles. The van der Waals surface area contributed by atoms with E-state index in [1.165, 1.54) is 30.6 Å². The lowest BCUT2D eigenvalue weighted by atomic mass is 10.1. The fourth-order valence-corrected chi connectivity index (χ4v) is 2.90. The zero-order chi connectivity index (χ0) is 20.2. The number of benzene rings is 3. The first-order valence-electron chi connectivity index (χ1n) is 8.88. The van der Waals surface area contributed by atoms with Crippen molar-refractivity contribution in [1.82, 2.24) is 9.97 Å². The van der Waals surface area contributed by atoms with Crippen LogP contribution >= 0.6 is 0 Å². The molecule has 0 aliphatic heterocycles. The number of anilines is 3. The summed E-state index contributed by atoms with van der Waals surface area (Å²) in [6, 6.07) is 17.0. The van der Waals surface area contributed by atoms with E-state index in [1.807, 2.05) is 0 Å². The first kappa shape index (κ1) is 18.5. The topological polar surface area (TPSA) is 66.9 Å². The Morgan fingerprint density at radius 1 is 0.828 bits per heavy atom. The molecule has 3 aromatic carbocycles. The van der Waals surface area contributed by atoms with E-state index in [9.17, 15) is 13.6 Å². The SMILES string of the molecule is O=C(Cc1ccc(F)cc1)Nc1ccc2ncnc(Nc3ccc(F)cc3)c2c1. The zero-order valence-corrected chi connectivity index (χ0v) is 15.2. The second-order valence-electron chi connectivity index (χ2n) is 6.44. The molecule has 0 aliphatic rings. The Balaban J connectivity index is 1.55. The summed E-state index contributed by atoms with van der Waals surface area (Å²) in [7, 11) is 0. The van der Waals surface area contributed by atoms with Crippen LogP contribution in [0.5, 0.6) is 0 Å². The Morgan fingerprint density at radius 2 is 1.48 bits per heavy atom. The van der Waals surface area contributed by atoms with Crippen LogP contribution in [0.1, 0.15) is 5.56 Å². The van der Waals surface area contributed by atoms with Gasteiger partial charge in [-0.05, 0) is 60.2 Å². The molecule has 5 nitrogen and oxygen atoms in total. The number of rotatable bonds is 5. The van der Waals surface area contributed by atoms with Crippen LogP contribution in [0.15, 0.2) is 73.1 Å². The predicted octanol–water partition coefficient (Wildman–Crippen LogP) is 4.83. The number of hydrogen-bond donors (Lipinski definition) is 2. The van der Waals surface area contributed by atoms with Gasteiger partial charge in [0.05, 0.1) is 11.9 Å². The fourth-order valence-electron chi connectivity index (χ4n) is 2.90. The fraction of sp³-hybridized carbons (Fsp3) is 0.0455. The van der Waals surface area contributed by atoms with Crippen molar-refractivity contribution in [1.29, 1.82) is 0 Å². The number of carbonyl (C=O) groups is 1. The van der Waals surface area contributed by atoms with Gasteiger partial charge in [-0.25, -0.2) is 18.7 Å². The molecule has 0 aliphatic carbocycles. The summed E-state index contributed by atoms with van der Waals surface area (Å²) in [4.78, 5) is 20.8. The first-order valence-corrected chi connectivity index (χ1v) is 8.88. The van der Waals surface area contributed by atoms with E-state index in [4.69, 9.17) is 0 Å². The van der Waals surface area contributed by atoms with Crippen LogP contribution in [0, 0.1) is 11.6 Å². The van der Waals surface area contributed by atoms with Crippen LogP contribution in [-0.2, 0) is 11.2 Å².